The Labute approximate surface area is 163 Å². The fourth-order valence-corrected chi connectivity index (χ4v) is 2.12. The molecule has 1 aromatic carbocycles. The Bertz CT molecular complexity index is 953. The van der Waals surface area contributed by atoms with Gasteiger partial charge < -0.3 is 10.4 Å². The van der Waals surface area contributed by atoms with Gasteiger partial charge in [-0.2, -0.15) is 0 Å². The normalized spacial score (nSPS) is 9.74. The maximum absolute atomic E-state index is 12.7. The molecular weight excluding hydrogens is 396 g/mol. The number of anilines is 1. The molecule has 0 atom stereocenters. The Morgan fingerprint density at radius 2 is 1.37 bits per heavy atom. The lowest BCUT2D eigenvalue weighted by Gasteiger charge is -2.04. The molecule has 0 saturated heterocycles. The topological polar surface area (TPSA) is 92.2 Å². The van der Waals surface area contributed by atoms with Gasteiger partial charge in [0.1, 0.15) is 27.5 Å². The highest BCUT2D eigenvalue weighted by Gasteiger charge is 2.07. The Hall–Kier alpha value is -3.03. The molecule has 0 radical (unpaired) electrons. The van der Waals surface area contributed by atoms with Crippen molar-refractivity contribution in [2.45, 2.75) is 0 Å². The number of carboxylic acids is 1. The SMILES string of the molecule is O=C(Nc1ccc(F)cc1)c1cccc(Cl)n1.O=C(O)c1cccc(Cl)n1. The molecule has 27 heavy (non-hydrogen) atoms. The van der Waals surface area contributed by atoms with Gasteiger partial charge >= 0.3 is 5.97 Å². The van der Waals surface area contributed by atoms with Gasteiger partial charge in [0.15, 0.2) is 0 Å². The number of nitrogens with one attached hydrogen (secondary N) is 1. The summed E-state index contributed by atoms with van der Waals surface area (Å²) in [4.78, 5) is 29.4. The fraction of sp³-hybridized carbons (Fsp3) is 0. The van der Waals surface area contributed by atoms with Crippen LogP contribution < -0.4 is 5.32 Å². The third-order valence-electron chi connectivity index (χ3n) is 2.98. The highest BCUT2D eigenvalue weighted by Crippen LogP contribution is 2.11. The zero-order chi connectivity index (χ0) is 19.8. The number of aromatic carboxylic acids is 1. The van der Waals surface area contributed by atoms with E-state index in [1.165, 1.54) is 36.4 Å². The number of carbonyl (C=O) groups is 2. The average Bonchev–Trinajstić information content (AvgIpc) is 2.64. The lowest BCUT2D eigenvalue weighted by Crippen LogP contribution is -2.13. The van der Waals surface area contributed by atoms with E-state index in [-0.39, 0.29) is 33.4 Å². The Balaban J connectivity index is 0.000000223. The van der Waals surface area contributed by atoms with Gasteiger partial charge in [-0.25, -0.2) is 19.2 Å². The van der Waals surface area contributed by atoms with Crippen LogP contribution in [-0.2, 0) is 0 Å². The van der Waals surface area contributed by atoms with Crippen molar-refractivity contribution in [2.75, 3.05) is 5.32 Å². The first-order valence-corrected chi connectivity index (χ1v) is 8.16. The van der Waals surface area contributed by atoms with Gasteiger partial charge in [-0.15, -0.1) is 0 Å². The summed E-state index contributed by atoms with van der Waals surface area (Å²) < 4.78 is 12.7. The molecule has 0 saturated carbocycles. The molecule has 0 fully saturated rings. The van der Waals surface area contributed by atoms with Crippen LogP contribution in [0.3, 0.4) is 0 Å². The van der Waals surface area contributed by atoms with E-state index in [0.717, 1.165) is 0 Å². The molecule has 1 amide bonds. The number of rotatable bonds is 3. The van der Waals surface area contributed by atoms with Crippen LogP contribution in [0, 0.1) is 5.82 Å². The Kier molecular flexibility index (Phi) is 7.22. The van der Waals surface area contributed by atoms with Crippen molar-refractivity contribution in [1.29, 1.82) is 0 Å². The molecular formula is C18H12Cl2FN3O3. The quantitative estimate of drug-likeness (QED) is 0.620. The van der Waals surface area contributed by atoms with Crippen molar-refractivity contribution in [2.24, 2.45) is 0 Å². The maximum Gasteiger partial charge on any atom is 0.354 e. The number of halogens is 3. The number of aromatic nitrogens is 2. The summed E-state index contributed by atoms with van der Waals surface area (Å²) in [5, 5.41) is 11.4. The van der Waals surface area contributed by atoms with Gasteiger partial charge in [0, 0.05) is 5.69 Å². The molecule has 3 rings (SSSR count). The van der Waals surface area contributed by atoms with Gasteiger partial charge in [-0.3, -0.25) is 4.79 Å². The zero-order valence-corrected chi connectivity index (χ0v) is 15.1. The predicted octanol–water partition coefficient (Wildman–Crippen LogP) is 4.56. The van der Waals surface area contributed by atoms with Gasteiger partial charge in [-0.05, 0) is 48.5 Å². The van der Waals surface area contributed by atoms with E-state index >= 15 is 0 Å². The maximum atomic E-state index is 12.7. The van der Waals surface area contributed by atoms with E-state index in [2.05, 4.69) is 15.3 Å². The fourth-order valence-electron chi connectivity index (χ4n) is 1.79. The van der Waals surface area contributed by atoms with Crippen molar-refractivity contribution in [3.05, 3.63) is 88.2 Å². The molecule has 9 heteroatoms. The van der Waals surface area contributed by atoms with Crippen LogP contribution in [0.25, 0.3) is 0 Å². The van der Waals surface area contributed by atoms with Gasteiger partial charge in [0.25, 0.3) is 5.91 Å². The summed E-state index contributed by atoms with van der Waals surface area (Å²) in [6.45, 7) is 0. The van der Waals surface area contributed by atoms with E-state index in [1.54, 1.807) is 24.3 Å². The number of amides is 1. The molecule has 0 aliphatic carbocycles. The molecule has 0 bridgehead atoms. The number of nitrogens with zero attached hydrogens (tertiary/aromatic N) is 2. The molecule has 0 spiro atoms. The molecule has 2 heterocycles. The number of carbonyl (C=O) groups excluding carboxylic acids is 1. The number of benzene rings is 1. The first-order chi connectivity index (χ1) is 12.8. The molecule has 2 N–H and O–H groups in total. The van der Waals surface area contributed by atoms with Crippen molar-refractivity contribution < 1.29 is 19.1 Å². The van der Waals surface area contributed by atoms with Crippen molar-refractivity contribution >= 4 is 40.8 Å². The third kappa shape index (κ3) is 6.65. The minimum Gasteiger partial charge on any atom is -0.477 e. The van der Waals surface area contributed by atoms with E-state index < -0.39 is 5.97 Å². The predicted molar refractivity (Wildman–Crippen MR) is 99.8 cm³/mol. The van der Waals surface area contributed by atoms with E-state index in [0.29, 0.717) is 5.69 Å². The zero-order valence-electron chi connectivity index (χ0n) is 13.6. The van der Waals surface area contributed by atoms with Gasteiger partial charge in [0.05, 0.1) is 0 Å². The van der Waals surface area contributed by atoms with Crippen LogP contribution in [0.4, 0.5) is 10.1 Å². The summed E-state index contributed by atoms with van der Waals surface area (Å²) in [6, 6.07) is 14.7. The standard InChI is InChI=1S/C12H8ClFN2O.C6H4ClNO2/c13-11-3-1-2-10(16-11)12(17)15-9-6-4-8(14)5-7-9;7-5-3-1-2-4(8-5)6(9)10/h1-7H,(H,15,17);1-3H,(H,9,10). The largest absolute Gasteiger partial charge is 0.477 e. The molecule has 0 unspecified atom stereocenters. The highest BCUT2D eigenvalue weighted by atomic mass is 35.5. The van der Waals surface area contributed by atoms with Crippen molar-refractivity contribution in [1.82, 2.24) is 9.97 Å². The minimum atomic E-state index is -1.07. The second kappa shape index (κ2) is 9.61. The molecule has 0 aliphatic rings. The van der Waals surface area contributed by atoms with Crippen molar-refractivity contribution in [3.8, 4) is 0 Å². The van der Waals surface area contributed by atoms with Crippen LogP contribution in [0.2, 0.25) is 10.3 Å². The van der Waals surface area contributed by atoms with Crippen LogP contribution in [-0.4, -0.2) is 27.0 Å². The van der Waals surface area contributed by atoms with E-state index in [4.69, 9.17) is 28.3 Å². The first kappa shape index (κ1) is 20.3. The van der Waals surface area contributed by atoms with Gasteiger partial charge in [-0.1, -0.05) is 35.3 Å². The van der Waals surface area contributed by atoms with Crippen molar-refractivity contribution in [3.63, 3.8) is 0 Å². The minimum absolute atomic E-state index is 0.0347. The second-order valence-electron chi connectivity index (χ2n) is 4.96. The summed E-state index contributed by atoms with van der Waals surface area (Å²) in [5.41, 5.74) is 0.674. The molecule has 138 valence electrons. The summed E-state index contributed by atoms with van der Waals surface area (Å²) in [6.07, 6.45) is 0. The molecule has 2 aromatic heterocycles. The molecule has 0 aliphatic heterocycles. The number of hydrogen-bond acceptors (Lipinski definition) is 4. The number of hydrogen-bond donors (Lipinski definition) is 2. The van der Waals surface area contributed by atoms with E-state index in [9.17, 15) is 14.0 Å². The molecule has 3 aromatic rings. The summed E-state index contributed by atoms with van der Waals surface area (Å²) >= 11 is 11.1. The summed E-state index contributed by atoms with van der Waals surface area (Å²) in [5.74, 6) is -1.81. The smallest absolute Gasteiger partial charge is 0.354 e. The first-order valence-electron chi connectivity index (χ1n) is 7.40. The van der Waals surface area contributed by atoms with E-state index in [1.807, 2.05) is 0 Å². The highest BCUT2D eigenvalue weighted by molar-refractivity contribution is 6.29. The Morgan fingerprint density at radius 1 is 0.852 bits per heavy atom. The van der Waals surface area contributed by atoms with Crippen LogP contribution in [0.15, 0.2) is 60.7 Å². The lowest BCUT2D eigenvalue weighted by molar-refractivity contribution is 0.0690. The van der Waals surface area contributed by atoms with Crippen LogP contribution in [0.5, 0.6) is 0 Å². The average molecular weight is 408 g/mol. The monoisotopic (exact) mass is 407 g/mol. The third-order valence-corrected chi connectivity index (χ3v) is 3.41. The second-order valence-corrected chi connectivity index (χ2v) is 5.73. The van der Waals surface area contributed by atoms with Gasteiger partial charge in [0.2, 0.25) is 0 Å². The van der Waals surface area contributed by atoms with Crippen LogP contribution in [0.1, 0.15) is 21.0 Å². The number of pyridine rings is 2. The molecule has 6 nitrogen and oxygen atoms in total. The lowest BCUT2D eigenvalue weighted by atomic mass is 10.3. The number of carboxylic acid groups (broad SMARTS) is 1. The Morgan fingerprint density at radius 3 is 1.85 bits per heavy atom. The summed E-state index contributed by atoms with van der Waals surface area (Å²) in [7, 11) is 0. The van der Waals surface area contributed by atoms with Crippen LogP contribution >= 0.6 is 23.2 Å².